The first-order chi connectivity index (χ1) is 11.8. The third-order valence-electron chi connectivity index (χ3n) is 8.49. The first-order valence-electron chi connectivity index (χ1n) is 9.87. The molecule has 0 unspecified atom stereocenters. The van der Waals surface area contributed by atoms with Gasteiger partial charge < -0.3 is 20.4 Å². The van der Waals surface area contributed by atoms with Crippen LogP contribution in [0.15, 0.2) is 23.3 Å². The first kappa shape index (κ1) is 17.7. The maximum atomic E-state index is 11.3. The summed E-state index contributed by atoms with van der Waals surface area (Å²) in [6.07, 6.45) is 9.16. The molecular weight excluding hydrogens is 316 g/mol. The molecule has 140 valence electrons. The Bertz CT molecular complexity index is 625. The number of hydrogen-bond acceptors (Lipinski definition) is 4. The molecular formula is C21H32O4. The van der Waals surface area contributed by atoms with E-state index in [9.17, 15) is 20.4 Å². The highest BCUT2D eigenvalue weighted by Gasteiger charge is 2.64. The molecule has 0 spiro atoms. The Labute approximate surface area is 150 Å². The Morgan fingerprint density at radius 1 is 1.08 bits per heavy atom. The number of aliphatic hydroxyl groups excluding tert-OH is 3. The van der Waals surface area contributed by atoms with Crippen LogP contribution < -0.4 is 0 Å². The average molecular weight is 348 g/mol. The summed E-state index contributed by atoms with van der Waals surface area (Å²) in [6.45, 7) is 4.07. The highest BCUT2D eigenvalue weighted by Crippen LogP contribution is 2.66. The van der Waals surface area contributed by atoms with Gasteiger partial charge in [-0.25, -0.2) is 0 Å². The smallest absolute Gasteiger partial charge is 0.106 e. The number of hydrogen-bond donors (Lipinski definition) is 4. The molecule has 4 N–H and O–H groups in total. The maximum Gasteiger partial charge on any atom is 0.106 e. The first-order valence-corrected chi connectivity index (χ1v) is 9.87. The minimum Gasteiger partial charge on any atom is -0.394 e. The second-order valence-electron chi connectivity index (χ2n) is 9.40. The average Bonchev–Trinajstić information content (AvgIpc) is 2.87. The van der Waals surface area contributed by atoms with Gasteiger partial charge in [-0.05, 0) is 62.2 Å². The van der Waals surface area contributed by atoms with Gasteiger partial charge in [-0.2, -0.15) is 0 Å². The predicted octanol–water partition coefficient (Wildman–Crippen LogP) is 2.31. The molecule has 3 saturated carbocycles. The molecule has 0 amide bonds. The Morgan fingerprint density at radius 3 is 2.52 bits per heavy atom. The standard InChI is InChI=1S/C21H32O4/c1-19-8-5-14(23)11-13(19)3-4-15-16(19)6-9-20(2)17(15)7-10-21(20,25)18(24)12-22/h3-4,14,16-18,22-25H,5-12H2,1-2H3/t14-,16+,17-,18+,19+,20-,21-/m0/s1. The Morgan fingerprint density at radius 2 is 1.80 bits per heavy atom. The number of fused-ring (bicyclic) bond motifs is 5. The van der Waals surface area contributed by atoms with Crippen molar-refractivity contribution in [2.45, 2.75) is 76.6 Å². The Balaban J connectivity index is 1.72. The number of allylic oxidation sites excluding steroid dienone is 3. The van der Waals surface area contributed by atoms with Crippen molar-refractivity contribution in [2.75, 3.05) is 6.61 Å². The Hall–Kier alpha value is -0.680. The van der Waals surface area contributed by atoms with E-state index >= 15 is 0 Å². The fourth-order valence-electron chi connectivity index (χ4n) is 6.74. The van der Waals surface area contributed by atoms with Crippen LogP contribution >= 0.6 is 0 Å². The van der Waals surface area contributed by atoms with Gasteiger partial charge in [0, 0.05) is 5.41 Å². The molecule has 4 aliphatic rings. The van der Waals surface area contributed by atoms with Crippen molar-refractivity contribution >= 4 is 0 Å². The van der Waals surface area contributed by atoms with E-state index in [1.807, 2.05) is 0 Å². The molecule has 4 nitrogen and oxygen atoms in total. The van der Waals surface area contributed by atoms with E-state index in [0.29, 0.717) is 12.3 Å². The number of rotatable bonds is 2. The zero-order valence-electron chi connectivity index (χ0n) is 15.4. The summed E-state index contributed by atoms with van der Waals surface area (Å²) in [4.78, 5) is 0. The monoisotopic (exact) mass is 348 g/mol. The lowest BCUT2D eigenvalue weighted by atomic mass is 9.49. The van der Waals surface area contributed by atoms with Gasteiger partial charge >= 0.3 is 0 Å². The molecule has 0 saturated heterocycles. The van der Waals surface area contributed by atoms with Gasteiger partial charge in [-0.15, -0.1) is 0 Å². The van der Waals surface area contributed by atoms with Gasteiger partial charge in [0.15, 0.2) is 0 Å². The molecule has 4 rings (SSSR count). The van der Waals surface area contributed by atoms with E-state index in [-0.39, 0.29) is 29.5 Å². The lowest BCUT2D eigenvalue weighted by molar-refractivity contribution is -0.165. The number of aliphatic hydroxyl groups is 4. The van der Waals surface area contributed by atoms with Gasteiger partial charge in [-0.1, -0.05) is 37.1 Å². The minimum atomic E-state index is -1.20. The summed E-state index contributed by atoms with van der Waals surface area (Å²) in [6, 6.07) is 0. The summed E-state index contributed by atoms with van der Waals surface area (Å²) in [7, 11) is 0. The molecule has 7 atom stereocenters. The van der Waals surface area contributed by atoms with E-state index in [1.165, 1.54) is 11.1 Å². The Kier molecular flexibility index (Phi) is 4.01. The highest BCUT2D eigenvalue weighted by molar-refractivity contribution is 5.39. The van der Waals surface area contributed by atoms with Crippen LogP contribution in [0.3, 0.4) is 0 Å². The third-order valence-corrected chi connectivity index (χ3v) is 8.49. The topological polar surface area (TPSA) is 80.9 Å². The zero-order chi connectivity index (χ0) is 18.0. The van der Waals surface area contributed by atoms with Crippen LogP contribution in [0.1, 0.15) is 58.8 Å². The molecule has 0 aromatic heterocycles. The largest absolute Gasteiger partial charge is 0.394 e. The van der Waals surface area contributed by atoms with E-state index in [4.69, 9.17) is 0 Å². The van der Waals surface area contributed by atoms with Crippen LogP contribution in [0.4, 0.5) is 0 Å². The molecule has 4 heteroatoms. The normalized spacial score (nSPS) is 50.2. The second kappa shape index (κ2) is 5.66. The van der Waals surface area contributed by atoms with Gasteiger partial charge in [0.2, 0.25) is 0 Å². The lowest BCUT2D eigenvalue weighted by Crippen LogP contribution is -2.57. The highest BCUT2D eigenvalue weighted by atomic mass is 16.4. The van der Waals surface area contributed by atoms with Crippen LogP contribution in [0, 0.1) is 22.7 Å². The molecule has 25 heavy (non-hydrogen) atoms. The van der Waals surface area contributed by atoms with E-state index in [0.717, 1.165) is 38.5 Å². The maximum absolute atomic E-state index is 11.3. The summed E-state index contributed by atoms with van der Waals surface area (Å²) in [5.74, 6) is 0.741. The molecule has 0 radical (unpaired) electrons. The summed E-state index contributed by atoms with van der Waals surface area (Å²) in [5, 5.41) is 41.1. The molecule has 0 aromatic rings. The van der Waals surface area contributed by atoms with Crippen molar-refractivity contribution in [3.8, 4) is 0 Å². The lowest BCUT2D eigenvalue weighted by Gasteiger charge is -2.56. The SMILES string of the molecule is C[C@]12CC[C@@H]3C(=CC=C4C[C@@H](O)CC[C@]43C)[C@@H]1CC[C@]2(O)[C@H](O)CO. The van der Waals surface area contributed by atoms with Gasteiger partial charge in [0.25, 0.3) is 0 Å². The molecule has 0 aromatic carbocycles. The van der Waals surface area contributed by atoms with Crippen LogP contribution in [0.25, 0.3) is 0 Å². The van der Waals surface area contributed by atoms with Crippen molar-refractivity contribution in [3.63, 3.8) is 0 Å². The molecule has 0 bridgehead atoms. The molecule has 4 aliphatic carbocycles. The zero-order valence-corrected chi connectivity index (χ0v) is 15.4. The van der Waals surface area contributed by atoms with Crippen LogP contribution in [-0.4, -0.2) is 44.8 Å². The fraction of sp³-hybridized carbons (Fsp3) is 0.810. The molecule has 0 heterocycles. The summed E-state index contributed by atoms with van der Waals surface area (Å²) >= 11 is 0. The third kappa shape index (κ3) is 2.21. The van der Waals surface area contributed by atoms with E-state index < -0.39 is 11.7 Å². The predicted molar refractivity (Wildman–Crippen MR) is 95.7 cm³/mol. The fourth-order valence-corrected chi connectivity index (χ4v) is 6.74. The van der Waals surface area contributed by atoms with Crippen molar-refractivity contribution in [1.29, 1.82) is 0 Å². The van der Waals surface area contributed by atoms with Crippen molar-refractivity contribution in [3.05, 3.63) is 23.3 Å². The quantitative estimate of drug-likeness (QED) is 0.617. The van der Waals surface area contributed by atoms with E-state index in [1.54, 1.807) is 0 Å². The van der Waals surface area contributed by atoms with Crippen LogP contribution in [0.2, 0.25) is 0 Å². The second-order valence-corrected chi connectivity index (χ2v) is 9.40. The van der Waals surface area contributed by atoms with E-state index in [2.05, 4.69) is 26.0 Å². The van der Waals surface area contributed by atoms with Crippen molar-refractivity contribution in [2.24, 2.45) is 22.7 Å². The molecule has 0 aliphatic heterocycles. The summed E-state index contributed by atoms with van der Waals surface area (Å²) < 4.78 is 0. The van der Waals surface area contributed by atoms with Crippen LogP contribution in [0.5, 0.6) is 0 Å². The van der Waals surface area contributed by atoms with Crippen molar-refractivity contribution in [1.82, 2.24) is 0 Å². The summed E-state index contributed by atoms with van der Waals surface area (Å²) in [5.41, 5.74) is 1.35. The van der Waals surface area contributed by atoms with Crippen LogP contribution in [-0.2, 0) is 0 Å². The minimum absolute atomic E-state index is 0.126. The van der Waals surface area contributed by atoms with Gasteiger partial charge in [0.1, 0.15) is 6.10 Å². The van der Waals surface area contributed by atoms with Gasteiger partial charge in [0.05, 0.1) is 18.3 Å². The molecule has 3 fully saturated rings. The van der Waals surface area contributed by atoms with Crippen molar-refractivity contribution < 1.29 is 20.4 Å². The van der Waals surface area contributed by atoms with Gasteiger partial charge in [-0.3, -0.25) is 0 Å².